The second-order valence-corrected chi connectivity index (χ2v) is 14.6. The first-order valence-electron chi connectivity index (χ1n) is 15.1. The van der Waals surface area contributed by atoms with Gasteiger partial charge in [0.1, 0.15) is 12.6 Å². The fraction of sp³-hybridized carbons (Fsp3) is 0.278. The number of carbonyl (C=O) groups is 2. The van der Waals surface area contributed by atoms with Crippen molar-refractivity contribution in [2.24, 2.45) is 0 Å². The maximum Gasteiger partial charge on any atom is 0.264 e. The van der Waals surface area contributed by atoms with E-state index in [4.69, 9.17) is 11.6 Å². The number of nitrogens with one attached hydrogen (secondary N) is 1. The van der Waals surface area contributed by atoms with Crippen LogP contribution >= 0.6 is 27.5 Å². The number of sulfonamides is 1. The lowest BCUT2D eigenvalue weighted by Crippen LogP contribution is -2.54. The van der Waals surface area contributed by atoms with Crippen LogP contribution in [0.15, 0.2) is 106 Å². The Bertz CT molecular complexity index is 1770. The van der Waals surface area contributed by atoms with E-state index in [2.05, 4.69) is 21.2 Å². The summed E-state index contributed by atoms with van der Waals surface area (Å²) >= 11 is 9.76. The van der Waals surface area contributed by atoms with E-state index in [9.17, 15) is 18.0 Å². The minimum Gasteiger partial charge on any atom is -0.352 e. The minimum atomic E-state index is -4.21. The summed E-state index contributed by atoms with van der Waals surface area (Å²) in [7, 11) is -4.21. The molecule has 0 bridgehead atoms. The standard InChI is InChI=1S/C36H39BrClN3O4S/c1-5-27(4)39-36(43)34(22-28-10-7-6-8-11-28)40(23-29-12-9-13-30(37)21-29)35(42)24-41(33-19-16-31(38)20-26(33)3)46(44,45)32-17-14-25(2)15-18-32/h6-21,27,34H,5,22-24H2,1-4H3,(H,39,43)/t27-,34-/m0/s1. The summed E-state index contributed by atoms with van der Waals surface area (Å²) in [6.07, 6.45) is 0.954. The van der Waals surface area contributed by atoms with Crippen molar-refractivity contribution in [3.8, 4) is 0 Å². The average Bonchev–Trinajstić information content (AvgIpc) is 3.02. The molecule has 0 heterocycles. The lowest BCUT2D eigenvalue weighted by atomic mass is 10.0. The predicted molar refractivity (Wildman–Crippen MR) is 188 cm³/mol. The van der Waals surface area contributed by atoms with Gasteiger partial charge in [-0.25, -0.2) is 8.42 Å². The van der Waals surface area contributed by atoms with Crippen molar-refractivity contribution < 1.29 is 18.0 Å². The first-order chi connectivity index (χ1) is 21.9. The van der Waals surface area contributed by atoms with E-state index in [0.717, 1.165) is 25.5 Å². The Kier molecular flexibility index (Phi) is 12.1. The molecule has 10 heteroatoms. The van der Waals surface area contributed by atoms with E-state index in [1.165, 1.54) is 17.0 Å². The van der Waals surface area contributed by atoms with Crippen LogP contribution in [0.5, 0.6) is 0 Å². The molecule has 0 radical (unpaired) electrons. The molecule has 0 aromatic heterocycles. The zero-order chi connectivity index (χ0) is 33.4. The summed E-state index contributed by atoms with van der Waals surface area (Å²) < 4.78 is 30.5. The van der Waals surface area contributed by atoms with Crippen molar-refractivity contribution in [1.29, 1.82) is 0 Å². The molecule has 4 aromatic carbocycles. The highest BCUT2D eigenvalue weighted by Gasteiger charge is 2.35. The maximum absolute atomic E-state index is 14.6. The molecule has 0 fully saturated rings. The van der Waals surface area contributed by atoms with Crippen LogP contribution in [-0.2, 0) is 32.6 Å². The topological polar surface area (TPSA) is 86.8 Å². The van der Waals surface area contributed by atoms with Gasteiger partial charge in [0.05, 0.1) is 10.6 Å². The molecule has 46 heavy (non-hydrogen) atoms. The van der Waals surface area contributed by atoms with Gasteiger partial charge in [0.15, 0.2) is 0 Å². The van der Waals surface area contributed by atoms with Crippen molar-refractivity contribution in [2.45, 2.75) is 64.1 Å². The zero-order valence-electron chi connectivity index (χ0n) is 26.4. The molecule has 0 spiro atoms. The maximum atomic E-state index is 14.6. The molecular formula is C36H39BrClN3O4S. The first-order valence-corrected chi connectivity index (χ1v) is 17.7. The Balaban J connectivity index is 1.83. The Morgan fingerprint density at radius 2 is 1.57 bits per heavy atom. The summed E-state index contributed by atoms with van der Waals surface area (Å²) in [5.74, 6) is -0.831. The van der Waals surface area contributed by atoms with E-state index in [1.54, 1.807) is 37.3 Å². The molecule has 0 unspecified atom stereocenters. The molecular weight excluding hydrogens is 686 g/mol. The summed E-state index contributed by atoms with van der Waals surface area (Å²) in [6, 6.07) is 27.3. The second kappa shape index (κ2) is 15.8. The number of anilines is 1. The molecule has 4 aromatic rings. The Hall–Kier alpha value is -3.66. The lowest BCUT2D eigenvalue weighted by Gasteiger charge is -2.34. The predicted octanol–water partition coefficient (Wildman–Crippen LogP) is 7.47. The first kappa shape index (κ1) is 35.2. The number of rotatable bonds is 13. The molecule has 0 aliphatic rings. The quantitative estimate of drug-likeness (QED) is 0.155. The monoisotopic (exact) mass is 723 g/mol. The van der Waals surface area contributed by atoms with Gasteiger partial charge in [0, 0.05) is 28.5 Å². The smallest absolute Gasteiger partial charge is 0.264 e. The fourth-order valence-electron chi connectivity index (χ4n) is 5.08. The van der Waals surface area contributed by atoms with Gasteiger partial charge in [-0.1, -0.05) is 94.6 Å². The molecule has 242 valence electrons. The number of benzene rings is 4. The molecule has 0 aliphatic carbocycles. The number of amides is 2. The lowest BCUT2D eigenvalue weighted by molar-refractivity contribution is -0.140. The van der Waals surface area contributed by atoms with Crippen LogP contribution in [0.4, 0.5) is 5.69 Å². The molecule has 1 N–H and O–H groups in total. The minimum absolute atomic E-state index is 0.0501. The fourth-order valence-corrected chi connectivity index (χ4v) is 7.23. The molecule has 0 saturated heterocycles. The van der Waals surface area contributed by atoms with Crippen molar-refractivity contribution in [3.05, 3.63) is 129 Å². The number of carbonyl (C=O) groups excluding carboxylic acids is 2. The normalized spacial score (nSPS) is 12.7. The number of aryl methyl sites for hydroxylation is 2. The largest absolute Gasteiger partial charge is 0.352 e. The number of hydrogen-bond acceptors (Lipinski definition) is 4. The molecule has 0 aliphatic heterocycles. The summed E-state index contributed by atoms with van der Waals surface area (Å²) in [6.45, 7) is 7.07. The van der Waals surface area contributed by atoms with Crippen LogP contribution in [0.2, 0.25) is 5.02 Å². The van der Waals surface area contributed by atoms with Crippen LogP contribution < -0.4 is 9.62 Å². The van der Waals surface area contributed by atoms with Crippen molar-refractivity contribution in [2.75, 3.05) is 10.8 Å². The van der Waals surface area contributed by atoms with E-state index < -0.39 is 28.5 Å². The number of hydrogen-bond donors (Lipinski definition) is 1. The third kappa shape index (κ3) is 8.99. The van der Waals surface area contributed by atoms with E-state index in [1.807, 2.05) is 75.4 Å². The number of nitrogens with zero attached hydrogens (tertiary/aromatic N) is 2. The van der Waals surface area contributed by atoms with Gasteiger partial charge in [0.25, 0.3) is 10.0 Å². The highest BCUT2D eigenvalue weighted by Crippen LogP contribution is 2.30. The van der Waals surface area contributed by atoms with Crippen molar-refractivity contribution >= 4 is 55.1 Å². The van der Waals surface area contributed by atoms with Gasteiger partial charge in [-0.15, -0.1) is 0 Å². The van der Waals surface area contributed by atoms with Gasteiger partial charge in [-0.05, 0) is 86.3 Å². The molecule has 2 atom stereocenters. The van der Waals surface area contributed by atoms with Crippen molar-refractivity contribution in [3.63, 3.8) is 0 Å². The molecule has 2 amide bonds. The average molecular weight is 725 g/mol. The summed E-state index contributed by atoms with van der Waals surface area (Å²) in [5, 5.41) is 3.50. The van der Waals surface area contributed by atoms with Crippen LogP contribution in [0.3, 0.4) is 0 Å². The SMILES string of the molecule is CC[C@H](C)NC(=O)[C@H](Cc1ccccc1)N(Cc1cccc(Br)c1)C(=O)CN(c1ccc(Cl)cc1C)S(=O)(=O)c1ccc(C)cc1. The van der Waals surface area contributed by atoms with E-state index in [-0.39, 0.29) is 29.8 Å². The third-order valence-electron chi connectivity index (χ3n) is 7.83. The van der Waals surface area contributed by atoms with Gasteiger partial charge in [-0.2, -0.15) is 0 Å². The van der Waals surface area contributed by atoms with Crippen LogP contribution in [0.1, 0.15) is 42.5 Å². The van der Waals surface area contributed by atoms with Crippen LogP contribution in [-0.4, -0.2) is 43.8 Å². The van der Waals surface area contributed by atoms with Gasteiger partial charge >= 0.3 is 0 Å². The van der Waals surface area contributed by atoms with Crippen LogP contribution in [0, 0.1) is 13.8 Å². The Labute approximate surface area is 285 Å². The van der Waals surface area contributed by atoms with E-state index in [0.29, 0.717) is 22.7 Å². The molecule has 4 rings (SSSR count). The van der Waals surface area contributed by atoms with Gasteiger partial charge in [-0.3, -0.25) is 13.9 Å². The second-order valence-electron chi connectivity index (χ2n) is 11.4. The Morgan fingerprint density at radius 1 is 0.891 bits per heavy atom. The van der Waals surface area contributed by atoms with Crippen molar-refractivity contribution in [1.82, 2.24) is 10.2 Å². The Morgan fingerprint density at radius 3 is 2.20 bits per heavy atom. The molecule has 0 saturated carbocycles. The summed E-state index contributed by atoms with van der Waals surface area (Å²) in [4.78, 5) is 30.1. The summed E-state index contributed by atoms with van der Waals surface area (Å²) in [5.41, 5.74) is 3.47. The number of halogens is 2. The van der Waals surface area contributed by atoms with Gasteiger partial charge in [0.2, 0.25) is 11.8 Å². The highest BCUT2D eigenvalue weighted by atomic mass is 79.9. The van der Waals surface area contributed by atoms with E-state index >= 15 is 0 Å². The zero-order valence-corrected chi connectivity index (χ0v) is 29.6. The molecule has 7 nitrogen and oxygen atoms in total. The van der Waals surface area contributed by atoms with Gasteiger partial charge < -0.3 is 10.2 Å². The highest BCUT2D eigenvalue weighted by molar-refractivity contribution is 9.10. The third-order valence-corrected chi connectivity index (χ3v) is 10.3. The van der Waals surface area contributed by atoms with Crippen LogP contribution in [0.25, 0.3) is 0 Å².